The topological polar surface area (TPSA) is 83.1 Å². The maximum Gasteiger partial charge on any atom is 0.243 e. The van der Waals surface area contributed by atoms with E-state index >= 15 is 0 Å². The number of H-pyrrole nitrogens is 1. The minimum absolute atomic E-state index is 0.0618. The molecule has 128 valence electrons. The van der Waals surface area contributed by atoms with Crippen LogP contribution in [0.2, 0.25) is 0 Å². The largest absolute Gasteiger partial charge is 0.347 e. The van der Waals surface area contributed by atoms with Crippen molar-refractivity contribution in [3.63, 3.8) is 0 Å². The molecule has 1 aliphatic heterocycles. The Hall–Kier alpha value is -1.99. The number of carbonyl (C=O) groups excluding carboxylic acids is 1. The molecule has 1 aromatic heterocycles. The molecule has 0 unspecified atom stereocenters. The highest BCUT2D eigenvalue weighted by atomic mass is 32.2. The molecule has 6 nitrogen and oxygen atoms in total. The number of ketones is 1. The lowest BCUT2D eigenvalue weighted by atomic mass is 10.0. The van der Waals surface area contributed by atoms with Crippen LogP contribution in [0.5, 0.6) is 0 Å². The lowest BCUT2D eigenvalue weighted by Gasteiger charge is -2.33. The fourth-order valence-corrected chi connectivity index (χ4v) is 4.80. The van der Waals surface area contributed by atoms with Crippen LogP contribution in [0.15, 0.2) is 41.6 Å². The standard InChI is InChI=1S/C17H21N3O3S/c1-2-16(21)13-6-5-7-14(12-13)24(22,23)20-11-4-3-8-15(20)17-18-9-10-19-17/h5-7,9-10,12,15H,2-4,8,11H2,1H3,(H,18,19)/t15-/m1/s1. The fourth-order valence-electron chi connectivity index (χ4n) is 3.10. The van der Waals surface area contributed by atoms with Gasteiger partial charge in [-0.15, -0.1) is 0 Å². The van der Waals surface area contributed by atoms with Crippen LogP contribution in [0.25, 0.3) is 0 Å². The normalized spacial score (nSPS) is 19.3. The van der Waals surface area contributed by atoms with Crippen molar-refractivity contribution in [2.45, 2.75) is 43.5 Å². The number of imidazole rings is 1. The highest BCUT2D eigenvalue weighted by molar-refractivity contribution is 7.89. The average molecular weight is 347 g/mol. The number of benzene rings is 1. The fraction of sp³-hybridized carbons (Fsp3) is 0.412. The predicted molar refractivity (Wildman–Crippen MR) is 90.1 cm³/mol. The summed E-state index contributed by atoms with van der Waals surface area (Å²) in [7, 11) is -3.68. The summed E-state index contributed by atoms with van der Waals surface area (Å²) in [6.45, 7) is 2.22. The summed E-state index contributed by atoms with van der Waals surface area (Å²) >= 11 is 0. The monoisotopic (exact) mass is 347 g/mol. The Morgan fingerprint density at radius 3 is 2.92 bits per heavy atom. The molecule has 7 heteroatoms. The van der Waals surface area contributed by atoms with Gasteiger partial charge in [0.2, 0.25) is 10.0 Å². The van der Waals surface area contributed by atoms with E-state index in [0.717, 1.165) is 19.3 Å². The molecule has 2 heterocycles. The van der Waals surface area contributed by atoms with Gasteiger partial charge in [-0.25, -0.2) is 13.4 Å². The number of piperidine rings is 1. The Kier molecular flexibility index (Phi) is 4.82. The van der Waals surface area contributed by atoms with E-state index in [1.807, 2.05) is 0 Å². The number of aromatic amines is 1. The third-order valence-electron chi connectivity index (χ3n) is 4.37. The van der Waals surface area contributed by atoms with E-state index < -0.39 is 10.0 Å². The average Bonchev–Trinajstić information content (AvgIpc) is 3.15. The zero-order valence-corrected chi connectivity index (χ0v) is 14.4. The Bertz CT molecular complexity index is 815. The number of hydrogen-bond donors (Lipinski definition) is 1. The number of rotatable bonds is 5. The summed E-state index contributed by atoms with van der Waals surface area (Å²) in [5, 5.41) is 0. The summed E-state index contributed by atoms with van der Waals surface area (Å²) < 4.78 is 27.8. The maximum absolute atomic E-state index is 13.1. The molecule has 0 bridgehead atoms. The highest BCUT2D eigenvalue weighted by Gasteiger charge is 2.35. The summed E-state index contributed by atoms with van der Waals surface area (Å²) in [6.07, 6.45) is 6.21. The molecule has 1 atom stereocenters. The van der Waals surface area contributed by atoms with E-state index in [4.69, 9.17) is 0 Å². The number of hydrogen-bond acceptors (Lipinski definition) is 4. The van der Waals surface area contributed by atoms with E-state index in [-0.39, 0.29) is 16.7 Å². The minimum atomic E-state index is -3.68. The first kappa shape index (κ1) is 16.9. The summed E-state index contributed by atoms with van der Waals surface area (Å²) in [5.74, 6) is 0.604. The lowest BCUT2D eigenvalue weighted by Crippen LogP contribution is -2.39. The van der Waals surface area contributed by atoms with Crippen molar-refractivity contribution in [1.29, 1.82) is 0 Å². The molecule has 0 radical (unpaired) electrons. The van der Waals surface area contributed by atoms with Crippen LogP contribution in [0.1, 0.15) is 54.8 Å². The first-order valence-corrected chi connectivity index (χ1v) is 9.62. The van der Waals surface area contributed by atoms with Gasteiger partial charge in [-0.2, -0.15) is 4.31 Å². The number of carbonyl (C=O) groups is 1. The van der Waals surface area contributed by atoms with Gasteiger partial charge in [0.05, 0.1) is 10.9 Å². The molecular formula is C17H21N3O3S. The molecule has 1 N–H and O–H groups in total. The molecule has 0 spiro atoms. The lowest BCUT2D eigenvalue weighted by molar-refractivity contribution is 0.0988. The van der Waals surface area contributed by atoms with Gasteiger partial charge < -0.3 is 4.98 Å². The van der Waals surface area contributed by atoms with Gasteiger partial charge >= 0.3 is 0 Å². The minimum Gasteiger partial charge on any atom is -0.347 e. The molecule has 1 aliphatic rings. The van der Waals surface area contributed by atoms with Crippen LogP contribution in [-0.2, 0) is 10.0 Å². The van der Waals surface area contributed by atoms with E-state index in [0.29, 0.717) is 24.4 Å². The number of sulfonamides is 1. The molecule has 0 aliphatic carbocycles. The summed E-state index contributed by atoms with van der Waals surface area (Å²) in [6, 6.07) is 6.03. The van der Waals surface area contributed by atoms with Crippen molar-refractivity contribution in [3.8, 4) is 0 Å². The molecule has 2 aromatic rings. The molecule has 24 heavy (non-hydrogen) atoms. The summed E-state index contributed by atoms with van der Waals surface area (Å²) in [4.78, 5) is 19.3. The van der Waals surface area contributed by atoms with Crippen molar-refractivity contribution in [2.75, 3.05) is 6.54 Å². The van der Waals surface area contributed by atoms with Gasteiger partial charge in [-0.05, 0) is 25.0 Å². The van der Waals surface area contributed by atoms with Crippen LogP contribution in [-0.4, -0.2) is 35.0 Å². The van der Waals surface area contributed by atoms with Crippen LogP contribution >= 0.6 is 0 Å². The Balaban J connectivity index is 1.98. The van der Waals surface area contributed by atoms with Gasteiger partial charge in [0.25, 0.3) is 0 Å². The molecule has 3 rings (SSSR count). The first-order valence-electron chi connectivity index (χ1n) is 8.18. The Morgan fingerprint density at radius 2 is 2.21 bits per heavy atom. The van der Waals surface area contributed by atoms with Crippen molar-refractivity contribution in [1.82, 2.24) is 14.3 Å². The van der Waals surface area contributed by atoms with E-state index in [1.54, 1.807) is 37.5 Å². The highest BCUT2D eigenvalue weighted by Crippen LogP contribution is 2.34. The Labute approximate surface area is 142 Å². The van der Waals surface area contributed by atoms with Crippen molar-refractivity contribution in [3.05, 3.63) is 48.0 Å². The van der Waals surface area contributed by atoms with Crippen LogP contribution in [0, 0.1) is 0 Å². The quantitative estimate of drug-likeness (QED) is 0.843. The molecular weight excluding hydrogens is 326 g/mol. The number of nitrogens with one attached hydrogen (secondary N) is 1. The van der Waals surface area contributed by atoms with Gasteiger partial charge in [0.1, 0.15) is 5.82 Å². The zero-order valence-electron chi connectivity index (χ0n) is 13.6. The van der Waals surface area contributed by atoms with Gasteiger partial charge in [0, 0.05) is 30.9 Å². The smallest absolute Gasteiger partial charge is 0.243 e. The van der Waals surface area contributed by atoms with Crippen molar-refractivity contribution in [2.24, 2.45) is 0 Å². The SMILES string of the molecule is CCC(=O)c1cccc(S(=O)(=O)N2CCCC[C@@H]2c2ncc[nH]2)c1. The second-order valence-corrected chi connectivity index (χ2v) is 7.80. The molecule has 1 aromatic carbocycles. The third-order valence-corrected chi connectivity index (χ3v) is 6.28. The van der Waals surface area contributed by atoms with Crippen LogP contribution < -0.4 is 0 Å². The predicted octanol–water partition coefficient (Wildman–Crippen LogP) is 2.92. The van der Waals surface area contributed by atoms with Gasteiger partial charge in [0.15, 0.2) is 5.78 Å². The zero-order chi connectivity index (χ0) is 17.2. The van der Waals surface area contributed by atoms with E-state index in [2.05, 4.69) is 9.97 Å². The number of aromatic nitrogens is 2. The van der Waals surface area contributed by atoms with Gasteiger partial charge in [-0.3, -0.25) is 4.79 Å². The van der Waals surface area contributed by atoms with Crippen LogP contribution in [0.4, 0.5) is 0 Å². The summed E-state index contributed by atoms with van der Waals surface area (Å²) in [5.41, 5.74) is 0.435. The van der Waals surface area contributed by atoms with E-state index in [9.17, 15) is 13.2 Å². The Morgan fingerprint density at radius 1 is 1.38 bits per heavy atom. The van der Waals surface area contributed by atoms with E-state index in [1.165, 1.54) is 10.4 Å². The molecule has 1 fully saturated rings. The second kappa shape index (κ2) is 6.86. The maximum atomic E-state index is 13.1. The van der Waals surface area contributed by atoms with Crippen molar-refractivity contribution >= 4 is 15.8 Å². The number of nitrogens with zero attached hydrogens (tertiary/aromatic N) is 2. The molecule has 0 saturated carbocycles. The third kappa shape index (κ3) is 3.14. The van der Waals surface area contributed by atoms with Crippen LogP contribution in [0.3, 0.4) is 0 Å². The van der Waals surface area contributed by atoms with Crippen molar-refractivity contribution < 1.29 is 13.2 Å². The number of Topliss-reactive ketones (excluding diaryl/α,β-unsaturated/α-hetero) is 1. The first-order chi connectivity index (χ1) is 11.5. The second-order valence-electron chi connectivity index (χ2n) is 5.91. The molecule has 1 saturated heterocycles. The molecule has 0 amide bonds. The van der Waals surface area contributed by atoms with Gasteiger partial charge in [-0.1, -0.05) is 25.5 Å².